The van der Waals surface area contributed by atoms with Crippen LogP contribution in [0.2, 0.25) is 0 Å². The maximum Gasteiger partial charge on any atom is 0.302 e. The number of carbonyl (C=O) groups excluding carboxylic acids is 1. The van der Waals surface area contributed by atoms with Gasteiger partial charge in [-0.15, -0.1) is 0 Å². The number of hydrogen-bond acceptors (Lipinski definition) is 3. The van der Waals surface area contributed by atoms with E-state index in [2.05, 4.69) is 4.74 Å². The molecule has 0 heterocycles. The van der Waals surface area contributed by atoms with Gasteiger partial charge in [-0.1, -0.05) is 50.2 Å². The molecular weight excluding hydrogens is 230 g/mol. The summed E-state index contributed by atoms with van der Waals surface area (Å²) in [5, 5.41) is 7.00. The molecule has 102 valence electrons. The van der Waals surface area contributed by atoms with Crippen molar-refractivity contribution in [2.24, 2.45) is 0 Å². The van der Waals surface area contributed by atoms with Crippen molar-refractivity contribution in [2.75, 3.05) is 14.2 Å². The third kappa shape index (κ3) is 53.6. The molecule has 0 spiro atoms. The van der Waals surface area contributed by atoms with Crippen LogP contribution < -0.4 is 0 Å². The van der Waals surface area contributed by atoms with Crippen LogP contribution in [0.25, 0.3) is 0 Å². The van der Waals surface area contributed by atoms with E-state index in [1.807, 2.05) is 50.2 Å². The fourth-order valence-corrected chi connectivity index (χ4v) is 0.385. The largest absolute Gasteiger partial charge is 0.469 e. The lowest BCUT2D eigenvalue weighted by Gasteiger charge is -1.80. The molecule has 1 rings (SSSR count). The van der Waals surface area contributed by atoms with Crippen LogP contribution in [-0.4, -0.2) is 25.3 Å². The Hall–Kier alpha value is -1.49. The number of methoxy groups -OCH3 is 1. The Balaban J connectivity index is -0.0000000701. The molecule has 1 aromatic rings. The summed E-state index contributed by atoms with van der Waals surface area (Å²) in [5.41, 5.74) is 0. The number of halogens is 2. The molecule has 0 saturated heterocycles. The van der Waals surface area contributed by atoms with Crippen LogP contribution in [-0.2, 0) is 9.53 Å². The van der Waals surface area contributed by atoms with Gasteiger partial charge in [-0.2, -0.15) is 0 Å². The number of carbonyl (C=O) groups is 1. The second-order valence-corrected chi connectivity index (χ2v) is 1.85. The summed E-state index contributed by atoms with van der Waals surface area (Å²) in [6, 6.07) is 12.0. The van der Waals surface area contributed by atoms with E-state index < -0.39 is 0 Å². The molecule has 0 unspecified atom stereocenters. The quantitative estimate of drug-likeness (QED) is 0.720. The first-order valence-electron chi connectivity index (χ1n) is 4.91. The molecule has 0 radical (unpaired) electrons. The Kier molecular flexibility index (Phi) is 53.0. The monoisotopic (exact) mass is 252 g/mol. The molecule has 0 aromatic heterocycles. The normalized spacial score (nSPS) is 5.88. The van der Waals surface area contributed by atoms with Gasteiger partial charge >= 0.3 is 5.97 Å². The Morgan fingerprint density at radius 2 is 1.06 bits per heavy atom. The third-order valence-corrected chi connectivity index (χ3v) is 0.954. The van der Waals surface area contributed by atoms with Crippen LogP contribution in [0.3, 0.4) is 0 Å². The number of esters is 1. The molecule has 0 aliphatic heterocycles. The predicted octanol–water partition coefficient (Wildman–Crippen LogP) is 3.34. The third-order valence-electron chi connectivity index (χ3n) is 0.954. The van der Waals surface area contributed by atoms with Crippen LogP contribution in [0.4, 0.5) is 9.15 Å². The van der Waals surface area contributed by atoms with Gasteiger partial charge in [-0.3, -0.25) is 4.79 Å². The van der Waals surface area contributed by atoms with Crippen molar-refractivity contribution in [2.45, 2.75) is 20.8 Å². The lowest BCUT2D eigenvalue weighted by atomic mass is 10.4. The first-order valence-corrected chi connectivity index (χ1v) is 4.91. The van der Waals surface area contributed by atoms with E-state index in [0.29, 0.717) is 0 Å². The maximum absolute atomic E-state index is 9.59. The lowest BCUT2D eigenvalue weighted by Crippen LogP contribution is -1.88. The first-order chi connectivity index (χ1) is 8.27. The van der Waals surface area contributed by atoms with Gasteiger partial charge in [-0.05, 0) is 0 Å². The van der Waals surface area contributed by atoms with Gasteiger partial charge < -0.3 is 9.84 Å². The van der Waals surface area contributed by atoms with Gasteiger partial charge in [0, 0.05) is 23.2 Å². The molecule has 17 heavy (non-hydrogen) atoms. The molecule has 0 aliphatic carbocycles. The van der Waals surface area contributed by atoms with Gasteiger partial charge in [0.1, 0.15) is 0 Å². The molecule has 0 atom stereocenters. The van der Waals surface area contributed by atoms with E-state index in [-0.39, 0.29) is 5.97 Å². The molecule has 3 nitrogen and oxygen atoms in total. The number of aliphatic hydroxyl groups excluding tert-OH is 1. The SMILES string of the molecule is CC.CO.COC(C)=O.FF.c1ccccc1. The van der Waals surface area contributed by atoms with Crippen molar-refractivity contribution in [3.63, 3.8) is 0 Å². The standard InChI is InChI=1S/C6H6.C3H6O2.C2H6.CH4O.F2/c1-2-4-6-5-3-1;1-3(4)5-2;3*1-2/h1-6H;1-2H3;1-2H3;2H,1H3;. The second-order valence-electron chi connectivity index (χ2n) is 1.85. The topological polar surface area (TPSA) is 46.5 Å². The molecule has 0 fully saturated rings. The van der Waals surface area contributed by atoms with Crippen molar-refractivity contribution >= 4 is 5.97 Å². The molecule has 0 bridgehead atoms. The van der Waals surface area contributed by atoms with E-state index in [0.717, 1.165) is 7.11 Å². The second kappa shape index (κ2) is 36.6. The zero-order valence-corrected chi connectivity index (χ0v) is 11.0. The lowest BCUT2D eigenvalue weighted by molar-refractivity contribution is -0.137. The van der Waals surface area contributed by atoms with Crippen molar-refractivity contribution in [1.29, 1.82) is 0 Å². The summed E-state index contributed by atoms with van der Waals surface area (Å²) in [4.78, 5) is 9.59. The summed E-state index contributed by atoms with van der Waals surface area (Å²) in [6.07, 6.45) is 0. The van der Waals surface area contributed by atoms with Crippen molar-refractivity contribution < 1.29 is 23.8 Å². The van der Waals surface area contributed by atoms with Gasteiger partial charge in [0.05, 0.1) is 7.11 Å². The van der Waals surface area contributed by atoms with Crippen LogP contribution in [0, 0.1) is 0 Å². The maximum atomic E-state index is 9.59. The van der Waals surface area contributed by atoms with Crippen LogP contribution in [0.15, 0.2) is 36.4 Å². The molecule has 5 heteroatoms. The number of rotatable bonds is 0. The average Bonchev–Trinajstić information content (AvgIpc) is 2.48. The number of ether oxygens (including phenoxy) is 1. The number of benzene rings is 1. The smallest absolute Gasteiger partial charge is 0.302 e. The molecule has 0 aliphatic rings. The Bertz CT molecular complexity index is 167. The van der Waals surface area contributed by atoms with Gasteiger partial charge in [0.25, 0.3) is 0 Å². The first kappa shape index (κ1) is 24.6. The highest BCUT2D eigenvalue weighted by atomic mass is 20.0. The fourth-order valence-electron chi connectivity index (χ4n) is 0.385. The summed E-state index contributed by atoms with van der Waals surface area (Å²) in [6.45, 7) is 5.36. The van der Waals surface area contributed by atoms with Gasteiger partial charge in [-0.25, -0.2) is 0 Å². The van der Waals surface area contributed by atoms with Crippen LogP contribution >= 0.6 is 0 Å². The zero-order valence-electron chi connectivity index (χ0n) is 11.0. The van der Waals surface area contributed by atoms with Crippen LogP contribution in [0.1, 0.15) is 20.8 Å². The van der Waals surface area contributed by atoms with E-state index in [9.17, 15) is 4.79 Å². The van der Waals surface area contributed by atoms with Crippen molar-refractivity contribution in [1.82, 2.24) is 0 Å². The van der Waals surface area contributed by atoms with Gasteiger partial charge in [0.15, 0.2) is 0 Å². The minimum absolute atomic E-state index is 0.245. The molecule has 0 saturated carbocycles. The Morgan fingerprint density at radius 3 is 1.12 bits per heavy atom. The van der Waals surface area contributed by atoms with Crippen molar-refractivity contribution in [3.05, 3.63) is 36.4 Å². The predicted molar refractivity (Wildman–Crippen MR) is 65.8 cm³/mol. The molecule has 1 aromatic carbocycles. The van der Waals surface area contributed by atoms with E-state index in [1.165, 1.54) is 14.0 Å². The highest BCUT2D eigenvalue weighted by Gasteiger charge is 1.75. The average molecular weight is 252 g/mol. The van der Waals surface area contributed by atoms with Crippen LogP contribution in [0.5, 0.6) is 0 Å². The highest BCUT2D eigenvalue weighted by molar-refractivity contribution is 5.65. The number of aliphatic hydroxyl groups is 1. The zero-order chi connectivity index (χ0) is 14.5. The Morgan fingerprint density at radius 1 is 0.941 bits per heavy atom. The van der Waals surface area contributed by atoms with E-state index >= 15 is 0 Å². The summed E-state index contributed by atoms with van der Waals surface area (Å²) in [5.74, 6) is -0.245. The fraction of sp³-hybridized carbons (Fsp3) is 0.417. The summed E-state index contributed by atoms with van der Waals surface area (Å²) in [7, 11) is 2.35. The summed E-state index contributed by atoms with van der Waals surface area (Å²) < 4.78 is 20.1. The molecular formula is C12H22F2O3. The minimum Gasteiger partial charge on any atom is -0.469 e. The highest BCUT2D eigenvalue weighted by Crippen LogP contribution is 1.79. The summed E-state index contributed by atoms with van der Waals surface area (Å²) >= 11 is 0. The van der Waals surface area contributed by atoms with E-state index in [1.54, 1.807) is 0 Å². The Labute approximate surface area is 102 Å². The molecule has 1 N–H and O–H groups in total. The molecule has 0 amide bonds. The van der Waals surface area contributed by atoms with Gasteiger partial charge in [0.2, 0.25) is 0 Å². The number of hydrogen-bond donors (Lipinski definition) is 1. The minimum atomic E-state index is -0.245. The van der Waals surface area contributed by atoms with Crippen molar-refractivity contribution in [3.8, 4) is 0 Å². The van der Waals surface area contributed by atoms with E-state index in [4.69, 9.17) is 14.3 Å².